The highest BCUT2D eigenvalue weighted by molar-refractivity contribution is 7.92. The molecule has 0 amide bonds. The van der Waals surface area contributed by atoms with Gasteiger partial charge in [-0.25, -0.2) is 17.2 Å². The fourth-order valence-electron chi connectivity index (χ4n) is 4.84. The summed E-state index contributed by atoms with van der Waals surface area (Å²) in [5, 5.41) is 9.67. The lowest BCUT2D eigenvalue weighted by Crippen LogP contribution is -2.54. The molecule has 1 aliphatic rings. The minimum Gasteiger partial charge on any atom is -0.369 e. The minimum absolute atomic E-state index is 0.105. The number of halogens is 8. The highest BCUT2D eigenvalue weighted by Gasteiger charge is 2.72. The third-order valence-electron chi connectivity index (χ3n) is 6.90. The molecular weight excluding hydrogens is 558 g/mol. The van der Waals surface area contributed by atoms with Crippen LogP contribution in [-0.4, -0.2) is 43.9 Å². The predicted octanol–water partition coefficient (Wildman–Crippen LogP) is 5.85. The molecule has 0 saturated carbocycles. The first kappa shape index (κ1) is 29.0. The maximum Gasteiger partial charge on any atom is 0.430 e. The van der Waals surface area contributed by atoms with E-state index in [0.29, 0.717) is 6.07 Å². The van der Waals surface area contributed by atoms with E-state index in [9.17, 15) is 44.3 Å². The molecule has 3 aromatic carbocycles. The third-order valence-corrected chi connectivity index (χ3v) is 9.39. The van der Waals surface area contributed by atoms with Crippen molar-refractivity contribution in [2.24, 2.45) is 0 Å². The van der Waals surface area contributed by atoms with Crippen molar-refractivity contribution in [3.8, 4) is 0 Å². The predicted molar refractivity (Wildman–Crippen MR) is 124 cm³/mol. The average Bonchev–Trinajstić information content (AvgIpc) is 3.28. The number of aliphatic hydroxyl groups is 1. The summed E-state index contributed by atoms with van der Waals surface area (Å²) >= 11 is 0. The number of likely N-dealkylation sites (tertiary alicyclic amines) is 1. The van der Waals surface area contributed by atoms with Crippen LogP contribution in [-0.2, 0) is 26.7 Å². The second-order valence-corrected chi connectivity index (χ2v) is 11.6. The van der Waals surface area contributed by atoms with E-state index in [-0.39, 0.29) is 43.1 Å². The van der Waals surface area contributed by atoms with Crippen molar-refractivity contribution in [3.05, 3.63) is 101 Å². The summed E-state index contributed by atoms with van der Waals surface area (Å²) in [7, 11) is -4.50. The highest BCUT2D eigenvalue weighted by atomic mass is 32.2. The molecule has 1 fully saturated rings. The first-order chi connectivity index (χ1) is 18.0. The van der Waals surface area contributed by atoms with Gasteiger partial charge in [0.15, 0.2) is 9.84 Å². The fraction of sp³-hybridized carbons (Fsp3) is 0.308. The van der Waals surface area contributed by atoms with Crippen molar-refractivity contribution in [1.29, 1.82) is 0 Å². The molecule has 4 rings (SSSR count). The lowest BCUT2D eigenvalue weighted by molar-refractivity contribution is -0.377. The largest absolute Gasteiger partial charge is 0.430 e. The number of sulfone groups is 1. The minimum atomic E-state index is -6.33. The molecule has 0 radical (unpaired) electrons. The number of alkyl halides is 6. The molecular formula is C26H21F8NO3S. The monoisotopic (exact) mass is 579 g/mol. The van der Waals surface area contributed by atoms with Gasteiger partial charge >= 0.3 is 12.4 Å². The van der Waals surface area contributed by atoms with Crippen LogP contribution >= 0.6 is 0 Å². The maximum absolute atomic E-state index is 15.1. The van der Waals surface area contributed by atoms with Crippen LogP contribution in [0.2, 0.25) is 0 Å². The Kier molecular flexibility index (Phi) is 7.32. The Bertz CT molecular complexity index is 1430. The van der Waals surface area contributed by atoms with Gasteiger partial charge in [0.05, 0.1) is 4.90 Å². The van der Waals surface area contributed by atoms with Crippen molar-refractivity contribution < 1.29 is 48.6 Å². The summed E-state index contributed by atoms with van der Waals surface area (Å²) in [6.07, 6.45) is -12.8. The van der Waals surface area contributed by atoms with E-state index in [4.69, 9.17) is 0 Å². The highest BCUT2D eigenvalue weighted by Crippen LogP contribution is 2.52. The van der Waals surface area contributed by atoms with Crippen LogP contribution in [0, 0.1) is 11.6 Å². The summed E-state index contributed by atoms with van der Waals surface area (Å²) in [5.41, 5.74) is -7.25. The van der Waals surface area contributed by atoms with E-state index in [1.807, 2.05) is 0 Å². The summed E-state index contributed by atoms with van der Waals surface area (Å²) in [5.74, 6) is -2.83. The van der Waals surface area contributed by atoms with E-state index in [2.05, 4.69) is 0 Å². The number of hydrogen-bond donors (Lipinski definition) is 1. The molecule has 1 saturated heterocycles. The summed E-state index contributed by atoms with van der Waals surface area (Å²) in [6, 6.07) is 13.6. The van der Waals surface area contributed by atoms with Gasteiger partial charge in [-0.2, -0.15) is 26.3 Å². The van der Waals surface area contributed by atoms with Crippen LogP contribution < -0.4 is 0 Å². The Balaban J connectivity index is 1.85. The molecule has 1 atom stereocenters. The molecule has 0 bridgehead atoms. The fourth-order valence-corrected chi connectivity index (χ4v) is 6.94. The molecule has 0 aliphatic carbocycles. The standard InChI is InChI=1S/C26H21F8NO3S/c27-19-7-9-20(10-8-19)39(37,38)23(12-13-35(16-23)15-17-4-2-1-3-5-17)18-6-11-21(22(28)14-18)24(36,25(29,30)31)26(32,33)34/h1-11,14,36H,12-13,15-16H2/t23-/m1/s1. The normalized spacial score (nSPS) is 19.4. The topological polar surface area (TPSA) is 57.6 Å². The van der Waals surface area contributed by atoms with Crippen molar-refractivity contribution in [2.75, 3.05) is 13.1 Å². The van der Waals surface area contributed by atoms with Gasteiger partial charge in [0.1, 0.15) is 16.4 Å². The third kappa shape index (κ3) is 4.91. The van der Waals surface area contributed by atoms with Crippen LogP contribution in [0.4, 0.5) is 35.1 Å². The molecule has 39 heavy (non-hydrogen) atoms. The van der Waals surface area contributed by atoms with Crippen LogP contribution in [0.3, 0.4) is 0 Å². The van der Waals surface area contributed by atoms with Gasteiger partial charge in [-0.3, -0.25) is 4.90 Å². The number of rotatable bonds is 6. The maximum atomic E-state index is 15.1. The van der Waals surface area contributed by atoms with Gasteiger partial charge in [-0.15, -0.1) is 0 Å². The molecule has 210 valence electrons. The molecule has 3 aromatic rings. The van der Waals surface area contributed by atoms with Gasteiger partial charge in [0.25, 0.3) is 5.60 Å². The van der Waals surface area contributed by atoms with Crippen molar-refractivity contribution in [2.45, 2.75) is 40.6 Å². The molecule has 13 heteroatoms. The average molecular weight is 580 g/mol. The first-order valence-electron chi connectivity index (χ1n) is 11.5. The zero-order valence-electron chi connectivity index (χ0n) is 19.9. The van der Waals surface area contributed by atoms with E-state index in [1.165, 1.54) is 0 Å². The summed E-state index contributed by atoms with van der Waals surface area (Å²) in [6.45, 7) is 0.0981. The molecule has 4 nitrogen and oxygen atoms in total. The Morgan fingerprint density at radius 1 is 0.846 bits per heavy atom. The van der Waals surface area contributed by atoms with Crippen LogP contribution in [0.15, 0.2) is 77.7 Å². The van der Waals surface area contributed by atoms with E-state index in [1.54, 1.807) is 35.2 Å². The SMILES string of the molecule is O=S(=O)(c1ccc(F)cc1)[C@]1(c2ccc(C(O)(C(F)(F)F)C(F)(F)F)c(F)c2)CCN(Cc2ccccc2)C1. The lowest BCUT2D eigenvalue weighted by atomic mass is 9.88. The Hall–Kier alpha value is -3.03. The van der Waals surface area contributed by atoms with Gasteiger partial charge < -0.3 is 5.11 Å². The Morgan fingerprint density at radius 2 is 1.44 bits per heavy atom. The smallest absolute Gasteiger partial charge is 0.369 e. The number of nitrogens with zero attached hydrogens (tertiary/aromatic N) is 1. The quantitative estimate of drug-likeness (QED) is 0.294. The number of benzene rings is 3. The van der Waals surface area contributed by atoms with Crippen LogP contribution in [0.25, 0.3) is 0 Å². The van der Waals surface area contributed by atoms with Gasteiger partial charge in [-0.05, 0) is 47.9 Å². The van der Waals surface area contributed by atoms with Crippen molar-refractivity contribution in [1.82, 2.24) is 4.90 Å². The lowest BCUT2D eigenvalue weighted by Gasteiger charge is -2.34. The van der Waals surface area contributed by atoms with E-state index in [0.717, 1.165) is 29.8 Å². The molecule has 0 unspecified atom stereocenters. The second-order valence-electron chi connectivity index (χ2n) is 9.30. The summed E-state index contributed by atoms with van der Waals surface area (Å²) in [4.78, 5) is 1.33. The van der Waals surface area contributed by atoms with Gasteiger partial charge in [0.2, 0.25) is 0 Å². The zero-order chi connectivity index (χ0) is 28.9. The van der Waals surface area contributed by atoms with Crippen molar-refractivity contribution in [3.63, 3.8) is 0 Å². The van der Waals surface area contributed by atoms with Crippen molar-refractivity contribution >= 4 is 9.84 Å². The molecule has 1 heterocycles. The van der Waals surface area contributed by atoms with Crippen LogP contribution in [0.5, 0.6) is 0 Å². The molecule has 1 N–H and O–H groups in total. The van der Waals surface area contributed by atoms with Crippen LogP contribution in [0.1, 0.15) is 23.1 Å². The van der Waals surface area contributed by atoms with Gasteiger partial charge in [-0.1, -0.05) is 42.5 Å². The zero-order valence-corrected chi connectivity index (χ0v) is 20.7. The second kappa shape index (κ2) is 9.86. The van der Waals surface area contributed by atoms with E-state index < -0.39 is 55.3 Å². The Morgan fingerprint density at radius 3 is 1.97 bits per heavy atom. The molecule has 1 aliphatic heterocycles. The molecule has 0 aromatic heterocycles. The van der Waals surface area contributed by atoms with Gasteiger partial charge in [0, 0.05) is 25.2 Å². The Labute approximate surface area is 218 Å². The summed E-state index contributed by atoms with van der Waals surface area (Å²) < 4.78 is 135. The number of hydrogen-bond acceptors (Lipinski definition) is 4. The molecule has 0 spiro atoms. The first-order valence-corrected chi connectivity index (χ1v) is 12.9. The van der Waals surface area contributed by atoms with E-state index >= 15 is 4.39 Å².